The Kier molecular flexibility index (Phi) is 6.87. The fourth-order valence-electron chi connectivity index (χ4n) is 8.21. The molecule has 0 saturated carbocycles. The lowest BCUT2D eigenvalue weighted by atomic mass is 9.83. The second-order valence-electron chi connectivity index (χ2n) is 16.1. The van der Waals surface area contributed by atoms with Crippen molar-refractivity contribution in [1.82, 2.24) is 9.97 Å². The van der Waals surface area contributed by atoms with Gasteiger partial charge < -0.3 is 9.80 Å². The number of nitrogens with zero attached hydrogens (tertiary/aromatic N) is 6. The van der Waals surface area contributed by atoms with E-state index in [4.69, 9.17) is 20.0 Å². The third-order valence-electron chi connectivity index (χ3n) is 12.1. The number of amidine groups is 2. The predicted octanol–water partition coefficient (Wildman–Crippen LogP) is 10.9. The molecule has 0 aliphatic carbocycles. The Hall–Kier alpha value is -5.10. The molecule has 0 atom stereocenters. The van der Waals surface area contributed by atoms with E-state index in [-0.39, 0.29) is 22.2 Å². The molecule has 2 aromatic heterocycles. The van der Waals surface area contributed by atoms with E-state index in [2.05, 4.69) is 164 Å². The summed E-state index contributed by atoms with van der Waals surface area (Å²) in [6.45, 7) is 22.0. The molecule has 0 unspecified atom stereocenters. The Morgan fingerprint density at radius 3 is 1.14 bits per heavy atom. The normalized spacial score (nSPS) is 19.0. The lowest BCUT2D eigenvalue weighted by Gasteiger charge is -2.41. The van der Waals surface area contributed by atoms with E-state index in [0.29, 0.717) is 0 Å². The Morgan fingerprint density at radius 1 is 0.440 bits per heavy atom. The van der Waals surface area contributed by atoms with Crippen LogP contribution < -0.4 is 9.80 Å². The molecule has 4 heterocycles. The van der Waals surface area contributed by atoms with Gasteiger partial charge in [0.2, 0.25) is 0 Å². The van der Waals surface area contributed by atoms with Crippen molar-refractivity contribution < 1.29 is 0 Å². The second-order valence-corrected chi connectivity index (χ2v) is 16.1. The van der Waals surface area contributed by atoms with Gasteiger partial charge in [0.1, 0.15) is 11.7 Å². The standard InChI is InChI=1S/C44H46N6/c1-27-47-41(3,4)43(7,8)49(27)31-17-21-39(45-25-31)29-15-19-35-36-20-16-30(24-38(36)34-14-12-11-13-33(34)37(35)23-29)40-22-18-32(26-46-40)50-28(2)48-42(5,6)44(50,9)10/h11-26H,1-10H3. The SMILES string of the molecule is CC1=NC(C)(C)C(C)(C)N1c1ccc(-c2ccc3c4ccc(-c5ccc(N6C(C)=NC(C)(C)C6(C)C)cn5)cc4c4ccccc4c3c2)nc1. The van der Waals surface area contributed by atoms with E-state index >= 15 is 0 Å². The van der Waals surface area contributed by atoms with Gasteiger partial charge >= 0.3 is 0 Å². The van der Waals surface area contributed by atoms with E-state index in [1.165, 1.54) is 32.3 Å². The number of anilines is 2. The van der Waals surface area contributed by atoms with Crippen LogP contribution in [0.4, 0.5) is 11.4 Å². The zero-order valence-corrected chi connectivity index (χ0v) is 30.9. The predicted molar refractivity (Wildman–Crippen MR) is 213 cm³/mol. The highest BCUT2D eigenvalue weighted by atomic mass is 15.3. The highest BCUT2D eigenvalue weighted by Gasteiger charge is 2.49. The van der Waals surface area contributed by atoms with Gasteiger partial charge in [-0.1, -0.05) is 48.5 Å². The fourth-order valence-corrected chi connectivity index (χ4v) is 8.21. The first-order valence-electron chi connectivity index (χ1n) is 17.7. The second kappa shape index (κ2) is 10.7. The molecule has 0 N–H and O–H groups in total. The molecule has 0 fully saturated rings. The lowest BCUT2D eigenvalue weighted by molar-refractivity contribution is 0.338. The van der Waals surface area contributed by atoms with Crippen molar-refractivity contribution in [2.45, 2.75) is 91.4 Å². The van der Waals surface area contributed by atoms with Crippen LogP contribution in [0.1, 0.15) is 69.2 Å². The molecule has 4 aromatic carbocycles. The number of hydrogen-bond acceptors (Lipinski definition) is 6. The summed E-state index contributed by atoms with van der Waals surface area (Å²) in [5, 5.41) is 7.38. The van der Waals surface area contributed by atoms with Gasteiger partial charge in [0.15, 0.2) is 0 Å². The van der Waals surface area contributed by atoms with Gasteiger partial charge in [0.25, 0.3) is 0 Å². The number of hydrogen-bond donors (Lipinski definition) is 0. The minimum Gasteiger partial charge on any atom is -0.321 e. The quantitative estimate of drug-likeness (QED) is 0.177. The molecule has 0 spiro atoms. The molecule has 252 valence electrons. The minimum absolute atomic E-state index is 0.154. The van der Waals surface area contributed by atoms with Gasteiger partial charge in [-0.15, -0.1) is 0 Å². The molecule has 8 rings (SSSR count). The number of rotatable bonds is 4. The maximum Gasteiger partial charge on any atom is 0.102 e. The summed E-state index contributed by atoms with van der Waals surface area (Å²) in [7, 11) is 0. The van der Waals surface area contributed by atoms with Gasteiger partial charge in [-0.3, -0.25) is 20.0 Å². The number of benzene rings is 4. The van der Waals surface area contributed by atoms with Crippen LogP contribution in [0.3, 0.4) is 0 Å². The third-order valence-corrected chi connectivity index (χ3v) is 12.1. The molecule has 2 aliphatic rings. The minimum atomic E-state index is -0.183. The molecule has 6 nitrogen and oxygen atoms in total. The molecule has 0 amide bonds. The zero-order chi connectivity index (χ0) is 35.4. The first-order valence-corrected chi connectivity index (χ1v) is 17.7. The number of pyridine rings is 2. The number of aromatic nitrogens is 2. The highest BCUT2D eigenvalue weighted by Crippen LogP contribution is 2.43. The van der Waals surface area contributed by atoms with Gasteiger partial charge in [-0.2, -0.15) is 0 Å². The maximum atomic E-state index is 4.97. The summed E-state index contributed by atoms with van der Waals surface area (Å²) in [4.78, 5) is 24.5. The molecular weight excluding hydrogens is 613 g/mol. The number of aliphatic imine (C=N–C) groups is 2. The van der Waals surface area contributed by atoms with Gasteiger partial charge in [0, 0.05) is 11.1 Å². The average molecular weight is 659 g/mol. The molecule has 2 aliphatic heterocycles. The molecule has 0 radical (unpaired) electrons. The summed E-state index contributed by atoms with van der Waals surface area (Å²) in [6.07, 6.45) is 3.98. The van der Waals surface area contributed by atoms with Crippen LogP contribution in [-0.4, -0.2) is 43.8 Å². The van der Waals surface area contributed by atoms with Crippen LogP contribution in [-0.2, 0) is 0 Å². The van der Waals surface area contributed by atoms with Crippen molar-refractivity contribution >= 4 is 55.4 Å². The van der Waals surface area contributed by atoms with E-state index in [1.807, 2.05) is 12.4 Å². The van der Waals surface area contributed by atoms with Gasteiger partial charge in [-0.25, -0.2) is 0 Å². The zero-order valence-electron chi connectivity index (χ0n) is 30.9. The Morgan fingerprint density at radius 2 is 0.820 bits per heavy atom. The van der Waals surface area contributed by atoms with Crippen molar-refractivity contribution in [3.63, 3.8) is 0 Å². The maximum absolute atomic E-state index is 4.97. The van der Waals surface area contributed by atoms with Gasteiger partial charge in [0.05, 0.1) is 57.3 Å². The van der Waals surface area contributed by atoms with Crippen LogP contribution in [0.2, 0.25) is 0 Å². The summed E-state index contributed by atoms with van der Waals surface area (Å²) < 4.78 is 0. The average Bonchev–Trinajstić information content (AvgIpc) is 3.35. The highest BCUT2D eigenvalue weighted by molar-refractivity contribution is 6.26. The van der Waals surface area contributed by atoms with E-state index < -0.39 is 0 Å². The largest absolute Gasteiger partial charge is 0.321 e. The Labute approximate surface area is 295 Å². The van der Waals surface area contributed by atoms with Crippen molar-refractivity contribution in [2.75, 3.05) is 9.80 Å². The van der Waals surface area contributed by atoms with E-state index in [9.17, 15) is 0 Å². The smallest absolute Gasteiger partial charge is 0.102 e. The Bertz CT molecular complexity index is 2210. The molecule has 6 heteroatoms. The Balaban J connectivity index is 1.16. The summed E-state index contributed by atoms with van der Waals surface area (Å²) >= 11 is 0. The summed E-state index contributed by atoms with van der Waals surface area (Å²) in [5.41, 5.74) is 5.57. The third kappa shape index (κ3) is 4.60. The van der Waals surface area contributed by atoms with Crippen LogP contribution >= 0.6 is 0 Å². The van der Waals surface area contributed by atoms with Crippen LogP contribution in [0, 0.1) is 0 Å². The fraction of sp³-hybridized carbons (Fsp3) is 0.318. The van der Waals surface area contributed by atoms with Crippen LogP contribution in [0.25, 0.3) is 54.8 Å². The first kappa shape index (κ1) is 32.1. The molecular formula is C44H46N6. The van der Waals surface area contributed by atoms with Crippen molar-refractivity contribution in [3.05, 3.63) is 97.3 Å². The molecule has 50 heavy (non-hydrogen) atoms. The lowest BCUT2D eigenvalue weighted by Crippen LogP contribution is -2.53. The topological polar surface area (TPSA) is 57.0 Å². The van der Waals surface area contributed by atoms with Crippen molar-refractivity contribution in [1.29, 1.82) is 0 Å². The summed E-state index contributed by atoms with van der Waals surface area (Å²) in [5.74, 6) is 2.05. The monoisotopic (exact) mass is 658 g/mol. The molecule has 0 bridgehead atoms. The van der Waals surface area contributed by atoms with Crippen molar-refractivity contribution in [2.24, 2.45) is 9.98 Å². The number of fused-ring (bicyclic) bond motifs is 6. The molecule has 6 aromatic rings. The first-order chi connectivity index (χ1) is 23.6. The summed E-state index contributed by atoms with van der Waals surface area (Å²) in [6, 6.07) is 30.9. The van der Waals surface area contributed by atoms with Crippen LogP contribution in [0.5, 0.6) is 0 Å². The van der Waals surface area contributed by atoms with E-state index in [1.54, 1.807) is 0 Å². The van der Waals surface area contributed by atoms with Crippen molar-refractivity contribution in [3.8, 4) is 22.5 Å². The van der Waals surface area contributed by atoms with E-state index in [0.717, 1.165) is 45.6 Å². The molecule has 0 saturated heterocycles. The van der Waals surface area contributed by atoms with Gasteiger partial charge in [-0.05, 0) is 138 Å². The van der Waals surface area contributed by atoms with Crippen LogP contribution in [0.15, 0.2) is 107 Å².